The zero-order chi connectivity index (χ0) is 15.2. The third-order valence-corrected chi connectivity index (χ3v) is 4.44. The summed E-state index contributed by atoms with van der Waals surface area (Å²) in [7, 11) is 3.25. The van der Waals surface area contributed by atoms with E-state index in [9.17, 15) is 9.90 Å². The second-order valence-electron chi connectivity index (χ2n) is 5.64. The highest BCUT2D eigenvalue weighted by atomic mass is 16.7. The highest BCUT2D eigenvalue weighted by molar-refractivity contribution is 5.70. The van der Waals surface area contributed by atoms with Gasteiger partial charge in [0.05, 0.1) is 19.3 Å². The van der Waals surface area contributed by atoms with E-state index in [1.165, 1.54) is 4.90 Å². The number of carbonyl (C=O) groups excluding carboxylic acids is 1. The van der Waals surface area contributed by atoms with Crippen LogP contribution < -0.4 is 4.74 Å². The van der Waals surface area contributed by atoms with Gasteiger partial charge in [-0.1, -0.05) is 12.1 Å². The Morgan fingerprint density at radius 2 is 2.05 bits per heavy atom. The maximum Gasteiger partial charge on any atom is 0.412 e. The van der Waals surface area contributed by atoms with Crippen LogP contribution in [0.1, 0.15) is 18.9 Å². The number of rotatable bonds is 2. The Morgan fingerprint density at radius 3 is 2.67 bits per heavy atom. The van der Waals surface area contributed by atoms with Gasteiger partial charge in [-0.15, -0.1) is 0 Å². The Labute approximate surface area is 123 Å². The van der Waals surface area contributed by atoms with Crippen molar-refractivity contribution in [2.45, 2.75) is 37.4 Å². The van der Waals surface area contributed by atoms with E-state index in [1.807, 2.05) is 31.2 Å². The summed E-state index contributed by atoms with van der Waals surface area (Å²) in [5, 5.41) is 10.5. The monoisotopic (exact) mass is 293 g/mol. The molecule has 2 aliphatic rings. The highest BCUT2D eigenvalue weighted by Crippen LogP contribution is 2.41. The Bertz CT molecular complexity index is 545. The first-order valence-electron chi connectivity index (χ1n) is 6.89. The van der Waals surface area contributed by atoms with Gasteiger partial charge >= 0.3 is 6.09 Å². The fourth-order valence-corrected chi connectivity index (χ4v) is 2.91. The number of ether oxygens (including phenoxy) is 3. The lowest BCUT2D eigenvalue weighted by Crippen LogP contribution is -2.54. The van der Waals surface area contributed by atoms with E-state index in [0.29, 0.717) is 6.42 Å². The van der Waals surface area contributed by atoms with Gasteiger partial charge in [0.15, 0.2) is 0 Å². The van der Waals surface area contributed by atoms with Crippen LogP contribution in [0.25, 0.3) is 0 Å². The van der Waals surface area contributed by atoms with Crippen molar-refractivity contribution in [1.82, 2.24) is 4.90 Å². The minimum atomic E-state index is -0.918. The Hall–Kier alpha value is -1.79. The van der Waals surface area contributed by atoms with Crippen molar-refractivity contribution < 1.29 is 24.1 Å². The van der Waals surface area contributed by atoms with Gasteiger partial charge in [0.2, 0.25) is 6.29 Å². The van der Waals surface area contributed by atoms with Crippen molar-refractivity contribution in [3.05, 3.63) is 29.8 Å². The van der Waals surface area contributed by atoms with E-state index >= 15 is 0 Å². The quantitative estimate of drug-likeness (QED) is 0.894. The molecule has 0 saturated carbocycles. The molecular weight excluding hydrogens is 274 g/mol. The number of fused-ring (bicyclic) bond motifs is 1. The van der Waals surface area contributed by atoms with Crippen LogP contribution in [0.15, 0.2) is 24.3 Å². The second kappa shape index (κ2) is 4.89. The zero-order valence-electron chi connectivity index (χ0n) is 12.3. The lowest BCUT2D eigenvalue weighted by molar-refractivity contribution is -0.248. The maximum atomic E-state index is 11.6. The van der Waals surface area contributed by atoms with Crippen LogP contribution in [0.5, 0.6) is 5.75 Å². The lowest BCUT2D eigenvalue weighted by atomic mass is 9.83. The van der Waals surface area contributed by atoms with Gasteiger partial charge in [0.1, 0.15) is 11.4 Å². The predicted octanol–water partition coefficient (Wildman–Crippen LogP) is 1.47. The number of benzene rings is 1. The first-order valence-corrected chi connectivity index (χ1v) is 6.89. The number of amides is 1. The first kappa shape index (κ1) is 14.2. The fraction of sp³-hybridized carbons (Fsp3) is 0.533. The van der Waals surface area contributed by atoms with Crippen molar-refractivity contribution in [3.8, 4) is 5.75 Å². The van der Waals surface area contributed by atoms with Gasteiger partial charge in [-0.25, -0.2) is 4.79 Å². The molecule has 1 N–H and O–H groups in total. The maximum absolute atomic E-state index is 11.6. The molecule has 114 valence electrons. The van der Waals surface area contributed by atoms with Crippen molar-refractivity contribution in [3.63, 3.8) is 0 Å². The topological polar surface area (TPSA) is 68.2 Å². The van der Waals surface area contributed by atoms with E-state index < -0.39 is 24.1 Å². The molecule has 1 aromatic rings. The molecular formula is C15H19NO5. The normalized spacial score (nSPS) is 35.3. The van der Waals surface area contributed by atoms with Crippen molar-refractivity contribution >= 4 is 6.09 Å². The minimum Gasteiger partial charge on any atom is -0.497 e. The van der Waals surface area contributed by atoms with Gasteiger partial charge in [0, 0.05) is 13.5 Å². The van der Waals surface area contributed by atoms with Crippen LogP contribution in [-0.4, -0.2) is 48.7 Å². The van der Waals surface area contributed by atoms with Crippen molar-refractivity contribution in [2.75, 3.05) is 14.2 Å². The average Bonchev–Trinajstić information content (AvgIpc) is 2.75. The van der Waals surface area contributed by atoms with E-state index in [4.69, 9.17) is 14.2 Å². The molecule has 0 radical (unpaired) electrons. The number of aliphatic hydroxyl groups excluding tert-OH is 1. The van der Waals surface area contributed by atoms with Gasteiger partial charge in [-0.3, -0.25) is 0 Å². The van der Waals surface area contributed by atoms with Gasteiger partial charge < -0.3 is 24.2 Å². The van der Waals surface area contributed by atoms with E-state index in [0.717, 1.165) is 11.3 Å². The molecule has 2 aliphatic heterocycles. The first-order chi connectivity index (χ1) is 9.95. The van der Waals surface area contributed by atoms with Crippen LogP contribution in [0.3, 0.4) is 0 Å². The molecule has 6 nitrogen and oxygen atoms in total. The second-order valence-corrected chi connectivity index (χ2v) is 5.64. The molecule has 2 heterocycles. The summed E-state index contributed by atoms with van der Waals surface area (Å²) in [5.74, 6) is 0.734. The molecule has 0 spiro atoms. The Balaban J connectivity index is 1.88. The summed E-state index contributed by atoms with van der Waals surface area (Å²) in [6.45, 7) is 1.81. The summed E-state index contributed by atoms with van der Waals surface area (Å²) in [4.78, 5) is 13.1. The van der Waals surface area contributed by atoms with Gasteiger partial charge in [-0.2, -0.15) is 0 Å². The molecule has 3 rings (SSSR count). The number of nitrogens with zero attached hydrogens (tertiary/aromatic N) is 1. The number of hydrogen-bond donors (Lipinski definition) is 1. The fourth-order valence-electron chi connectivity index (χ4n) is 2.91. The number of aliphatic hydroxyl groups is 1. The SMILES string of the molecule is COc1ccc([C@]2(C)O[C@@H]3OC(=O)N(C)[C@@H]3C[C@@H]2O)cc1. The minimum absolute atomic E-state index is 0.251. The average molecular weight is 293 g/mol. The van der Waals surface area contributed by atoms with E-state index in [1.54, 1.807) is 14.2 Å². The van der Waals surface area contributed by atoms with E-state index in [2.05, 4.69) is 0 Å². The number of methoxy groups -OCH3 is 1. The Morgan fingerprint density at radius 1 is 1.38 bits per heavy atom. The molecule has 0 aliphatic carbocycles. The zero-order valence-corrected chi connectivity index (χ0v) is 12.3. The molecule has 1 aromatic carbocycles. The predicted molar refractivity (Wildman–Crippen MR) is 73.9 cm³/mol. The highest BCUT2D eigenvalue weighted by Gasteiger charge is 2.53. The molecule has 0 aromatic heterocycles. The summed E-state index contributed by atoms with van der Waals surface area (Å²) >= 11 is 0. The summed E-state index contributed by atoms with van der Waals surface area (Å²) < 4.78 is 16.3. The smallest absolute Gasteiger partial charge is 0.412 e. The van der Waals surface area contributed by atoms with Crippen LogP contribution in [0.2, 0.25) is 0 Å². The largest absolute Gasteiger partial charge is 0.497 e. The van der Waals surface area contributed by atoms with Crippen LogP contribution in [0.4, 0.5) is 4.79 Å². The van der Waals surface area contributed by atoms with Crippen molar-refractivity contribution in [2.24, 2.45) is 0 Å². The molecule has 0 unspecified atom stereocenters. The molecule has 2 saturated heterocycles. The summed E-state index contributed by atoms with van der Waals surface area (Å²) in [6, 6.07) is 7.08. The molecule has 21 heavy (non-hydrogen) atoms. The van der Waals surface area contributed by atoms with E-state index in [-0.39, 0.29) is 6.04 Å². The van der Waals surface area contributed by atoms with Crippen LogP contribution in [0, 0.1) is 0 Å². The molecule has 6 heteroatoms. The number of hydrogen-bond acceptors (Lipinski definition) is 5. The molecule has 1 amide bonds. The molecule has 4 atom stereocenters. The third-order valence-electron chi connectivity index (χ3n) is 4.44. The van der Waals surface area contributed by atoms with Gasteiger partial charge in [0.25, 0.3) is 0 Å². The number of carbonyl (C=O) groups is 1. The summed E-state index contributed by atoms with van der Waals surface area (Å²) in [5.41, 5.74) is -0.0985. The lowest BCUT2D eigenvalue weighted by Gasteiger charge is -2.43. The standard InChI is InChI=1S/C15H19NO5/c1-15(9-4-6-10(19-3)7-5-9)12(17)8-11-13(21-15)20-14(18)16(11)2/h4-7,11-13,17H,8H2,1-3H3/t11-,12+,13+,15+/m1/s1. The summed E-state index contributed by atoms with van der Waals surface area (Å²) in [6.07, 6.45) is -1.40. The molecule has 0 bridgehead atoms. The molecule has 2 fully saturated rings. The number of likely N-dealkylation sites (N-methyl/N-ethyl adjacent to an activating group) is 1. The third kappa shape index (κ3) is 2.15. The van der Waals surface area contributed by atoms with Crippen LogP contribution in [-0.2, 0) is 15.1 Å². The van der Waals surface area contributed by atoms with Crippen molar-refractivity contribution in [1.29, 1.82) is 0 Å². The van der Waals surface area contributed by atoms with Gasteiger partial charge in [-0.05, 0) is 24.6 Å². The Kier molecular flexibility index (Phi) is 3.30. The van der Waals surface area contributed by atoms with Crippen LogP contribution >= 0.6 is 0 Å².